The molecular weight excluding hydrogens is 268 g/mol. The van der Waals surface area contributed by atoms with E-state index in [1.165, 1.54) is 6.92 Å². The Kier molecular flexibility index (Phi) is 4.50. The maximum absolute atomic E-state index is 12.4. The molecule has 2 rings (SSSR count). The number of amides is 2. The Bertz CT molecular complexity index is 544. The lowest BCUT2D eigenvalue weighted by molar-refractivity contribution is -0.129. The molecule has 0 aliphatic carbocycles. The number of carbonyl (C=O) groups excluding carboxylic acids is 2. The fraction of sp³-hybridized carbons (Fsp3) is 0.500. The molecule has 0 bridgehead atoms. The lowest BCUT2D eigenvalue weighted by Gasteiger charge is -2.34. The number of likely N-dealkylation sites (N-methyl/N-ethyl adjacent to an activating group) is 1. The lowest BCUT2D eigenvalue weighted by Crippen LogP contribution is -2.45. The molecule has 0 N–H and O–H groups in total. The van der Waals surface area contributed by atoms with Crippen molar-refractivity contribution in [3.05, 3.63) is 29.8 Å². The van der Waals surface area contributed by atoms with Crippen LogP contribution in [-0.2, 0) is 4.79 Å². The molecule has 2 amide bonds. The zero-order valence-corrected chi connectivity index (χ0v) is 13.0. The van der Waals surface area contributed by atoms with Gasteiger partial charge in [-0.3, -0.25) is 9.59 Å². The van der Waals surface area contributed by atoms with Gasteiger partial charge in [-0.2, -0.15) is 0 Å². The quantitative estimate of drug-likeness (QED) is 0.832. The highest BCUT2D eigenvalue weighted by molar-refractivity contribution is 5.96. The van der Waals surface area contributed by atoms with Gasteiger partial charge in [-0.15, -0.1) is 0 Å². The zero-order chi connectivity index (χ0) is 15.6. The van der Waals surface area contributed by atoms with Crippen LogP contribution in [0.25, 0.3) is 0 Å². The van der Waals surface area contributed by atoms with Crippen molar-refractivity contribution in [1.29, 1.82) is 0 Å². The van der Waals surface area contributed by atoms with Gasteiger partial charge in [0.15, 0.2) is 0 Å². The van der Waals surface area contributed by atoms with Crippen LogP contribution in [0.15, 0.2) is 24.3 Å². The number of fused-ring (bicyclic) bond motifs is 1. The van der Waals surface area contributed by atoms with Gasteiger partial charge in [-0.25, -0.2) is 0 Å². The van der Waals surface area contributed by atoms with Gasteiger partial charge < -0.3 is 14.5 Å². The van der Waals surface area contributed by atoms with E-state index in [0.29, 0.717) is 24.4 Å². The van der Waals surface area contributed by atoms with Gasteiger partial charge >= 0.3 is 0 Å². The van der Waals surface area contributed by atoms with Gasteiger partial charge in [-0.05, 0) is 12.1 Å². The molecule has 0 radical (unpaired) electrons. The van der Waals surface area contributed by atoms with Crippen LogP contribution in [-0.4, -0.2) is 54.9 Å². The summed E-state index contributed by atoms with van der Waals surface area (Å²) in [7, 11) is 3.56. The smallest absolute Gasteiger partial charge is 0.257 e. The van der Waals surface area contributed by atoms with E-state index in [0.717, 1.165) is 0 Å². The van der Waals surface area contributed by atoms with Crippen LogP contribution < -0.4 is 4.74 Å². The molecule has 0 spiro atoms. The molecule has 5 nitrogen and oxygen atoms in total. The van der Waals surface area contributed by atoms with E-state index in [4.69, 9.17) is 4.74 Å². The number of hydrogen-bond acceptors (Lipinski definition) is 3. The fourth-order valence-electron chi connectivity index (χ4n) is 2.48. The molecule has 5 heteroatoms. The molecule has 1 aliphatic heterocycles. The van der Waals surface area contributed by atoms with Crippen molar-refractivity contribution in [2.24, 2.45) is 5.92 Å². The van der Waals surface area contributed by atoms with Crippen molar-refractivity contribution in [2.75, 3.05) is 27.2 Å². The van der Waals surface area contributed by atoms with Gasteiger partial charge in [0.05, 0.1) is 12.1 Å². The second-order valence-electron chi connectivity index (χ2n) is 5.71. The second kappa shape index (κ2) is 6.16. The van der Waals surface area contributed by atoms with E-state index in [1.807, 2.05) is 19.1 Å². The summed E-state index contributed by atoms with van der Waals surface area (Å²) < 4.78 is 6.05. The molecule has 1 heterocycles. The molecule has 0 saturated carbocycles. The van der Waals surface area contributed by atoms with Crippen molar-refractivity contribution < 1.29 is 14.3 Å². The third-order valence-corrected chi connectivity index (χ3v) is 3.93. The van der Waals surface area contributed by atoms with Crippen LogP contribution >= 0.6 is 0 Å². The molecule has 1 aromatic rings. The molecular formula is C16H22N2O3. The van der Waals surface area contributed by atoms with Crippen molar-refractivity contribution in [3.8, 4) is 5.75 Å². The topological polar surface area (TPSA) is 49.9 Å². The summed E-state index contributed by atoms with van der Waals surface area (Å²) in [6, 6.07) is 7.26. The first kappa shape index (κ1) is 15.4. The van der Waals surface area contributed by atoms with Crippen LogP contribution in [0.4, 0.5) is 0 Å². The minimum Gasteiger partial charge on any atom is -0.487 e. The number of nitrogens with zero attached hydrogens (tertiary/aromatic N) is 2. The monoisotopic (exact) mass is 290 g/mol. The van der Waals surface area contributed by atoms with Crippen LogP contribution in [0.5, 0.6) is 5.75 Å². The Morgan fingerprint density at radius 3 is 2.76 bits per heavy atom. The number of benzene rings is 1. The van der Waals surface area contributed by atoms with E-state index < -0.39 is 0 Å². The molecule has 0 saturated heterocycles. The minimum absolute atomic E-state index is 0.00516. The summed E-state index contributed by atoms with van der Waals surface area (Å²) in [6.07, 6.45) is -0.143. The van der Waals surface area contributed by atoms with E-state index in [-0.39, 0.29) is 23.8 Å². The first-order chi connectivity index (χ1) is 9.90. The summed E-state index contributed by atoms with van der Waals surface area (Å²) in [5.41, 5.74) is 0.572. The third-order valence-electron chi connectivity index (χ3n) is 3.93. The first-order valence-electron chi connectivity index (χ1n) is 7.13. The Hall–Kier alpha value is -2.04. The molecule has 1 aromatic carbocycles. The van der Waals surface area contributed by atoms with Gasteiger partial charge in [-0.1, -0.05) is 19.1 Å². The molecule has 114 valence electrons. The number of carbonyl (C=O) groups is 2. The zero-order valence-electron chi connectivity index (χ0n) is 13.0. The SMILES string of the molecule is CC(=O)N(C)C[C@H]1Oc2ccccc2C(=O)N(C)C[C@@H]1C. The van der Waals surface area contributed by atoms with Crippen molar-refractivity contribution in [2.45, 2.75) is 20.0 Å². The average molecular weight is 290 g/mol. The summed E-state index contributed by atoms with van der Waals surface area (Å²) in [5, 5.41) is 0. The normalized spacial score (nSPS) is 21.9. The van der Waals surface area contributed by atoms with Crippen molar-refractivity contribution in [1.82, 2.24) is 9.80 Å². The van der Waals surface area contributed by atoms with Gasteiger partial charge in [0.1, 0.15) is 11.9 Å². The van der Waals surface area contributed by atoms with E-state index >= 15 is 0 Å². The summed E-state index contributed by atoms with van der Waals surface area (Å²) in [4.78, 5) is 27.2. The Balaban J connectivity index is 2.31. The largest absolute Gasteiger partial charge is 0.487 e. The molecule has 0 unspecified atom stereocenters. The Morgan fingerprint density at radius 2 is 2.10 bits per heavy atom. The number of hydrogen-bond donors (Lipinski definition) is 0. The maximum atomic E-state index is 12.4. The van der Waals surface area contributed by atoms with Crippen LogP contribution in [0.1, 0.15) is 24.2 Å². The van der Waals surface area contributed by atoms with Gasteiger partial charge in [0.2, 0.25) is 5.91 Å². The second-order valence-corrected chi connectivity index (χ2v) is 5.71. The number of para-hydroxylation sites is 1. The summed E-state index contributed by atoms with van der Waals surface area (Å²) in [6.45, 7) is 4.68. The van der Waals surface area contributed by atoms with Crippen LogP contribution in [0, 0.1) is 5.92 Å². The molecule has 0 aromatic heterocycles. The number of ether oxygens (including phenoxy) is 1. The van der Waals surface area contributed by atoms with E-state index in [9.17, 15) is 9.59 Å². The minimum atomic E-state index is -0.143. The summed E-state index contributed by atoms with van der Waals surface area (Å²) >= 11 is 0. The first-order valence-corrected chi connectivity index (χ1v) is 7.13. The predicted octanol–water partition coefficient (Wildman–Crippen LogP) is 1.63. The van der Waals surface area contributed by atoms with E-state index in [1.54, 1.807) is 36.0 Å². The van der Waals surface area contributed by atoms with Crippen LogP contribution in [0.3, 0.4) is 0 Å². The molecule has 0 fully saturated rings. The Labute approximate surface area is 125 Å². The van der Waals surface area contributed by atoms with Crippen molar-refractivity contribution in [3.63, 3.8) is 0 Å². The molecule has 21 heavy (non-hydrogen) atoms. The van der Waals surface area contributed by atoms with Crippen molar-refractivity contribution >= 4 is 11.8 Å². The highest BCUT2D eigenvalue weighted by atomic mass is 16.5. The molecule has 1 aliphatic rings. The van der Waals surface area contributed by atoms with Crippen LogP contribution in [0.2, 0.25) is 0 Å². The molecule has 2 atom stereocenters. The van der Waals surface area contributed by atoms with E-state index in [2.05, 4.69) is 0 Å². The van der Waals surface area contributed by atoms with Gasteiger partial charge in [0, 0.05) is 33.5 Å². The highest BCUT2D eigenvalue weighted by Crippen LogP contribution is 2.26. The Morgan fingerprint density at radius 1 is 1.43 bits per heavy atom. The third kappa shape index (κ3) is 3.35. The fourth-order valence-corrected chi connectivity index (χ4v) is 2.48. The maximum Gasteiger partial charge on any atom is 0.257 e. The van der Waals surface area contributed by atoms with Gasteiger partial charge in [0.25, 0.3) is 5.91 Å². The predicted molar refractivity (Wildman–Crippen MR) is 80.3 cm³/mol. The standard InChI is InChI=1S/C16H22N2O3/c1-11-9-18(4)16(20)13-7-5-6-8-14(13)21-15(11)10-17(3)12(2)19/h5-8,11,15H,9-10H2,1-4H3/t11-,15+/m0/s1. The highest BCUT2D eigenvalue weighted by Gasteiger charge is 2.29. The lowest BCUT2D eigenvalue weighted by atomic mass is 10.0. The average Bonchev–Trinajstić information content (AvgIpc) is 2.45. The summed E-state index contributed by atoms with van der Waals surface area (Å²) in [5.74, 6) is 0.693. The number of rotatable bonds is 2.